The fraction of sp³-hybridized carbons (Fsp3) is 0.333. The van der Waals surface area contributed by atoms with Crippen molar-refractivity contribution in [3.63, 3.8) is 0 Å². The summed E-state index contributed by atoms with van der Waals surface area (Å²) in [5.41, 5.74) is -0.158. The van der Waals surface area contributed by atoms with E-state index in [2.05, 4.69) is 21.4 Å². The second-order valence-corrected chi connectivity index (χ2v) is 4.07. The molecule has 15 heavy (non-hydrogen) atoms. The summed E-state index contributed by atoms with van der Waals surface area (Å²) in [6, 6.07) is 5.49. The van der Waals surface area contributed by atoms with Gasteiger partial charge in [-0.3, -0.25) is 0 Å². The van der Waals surface area contributed by atoms with E-state index in [1.165, 1.54) is 4.52 Å². The Labute approximate surface area is 91.3 Å². The molecule has 0 aliphatic carbocycles. The Morgan fingerprint density at radius 3 is 2.80 bits per heavy atom. The van der Waals surface area contributed by atoms with Gasteiger partial charge < -0.3 is 0 Å². The highest BCUT2D eigenvalue weighted by Gasteiger charge is 2.26. The van der Waals surface area contributed by atoms with Gasteiger partial charge >= 0.3 is 0 Å². The third-order valence-corrected chi connectivity index (χ3v) is 2.27. The second kappa shape index (κ2) is 3.17. The van der Waals surface area contributed by atoms with E-state index >= 15 is 0 Å². The van der Waals surface area contributed by atoms with Gasteiger partial charge in [-0.2, -0.15) is 14.9 Å². The van der Waals surface area contributed by atoms with Gasteiger partial charge in [0.1, 0.15) is 10.6 Å². The molecule has 0 unspecified atom stereocenters. The Morgan fingerprint density at radius 2 is 2.13 bits per heavy atom. The predicted molar refractivity (Wildman–Crippen MR) is 54.4 cm³/mol. The van der Waals surface area contributed by atoms with Crippen LogP contribution in [0.3, 0.4) is 0 Å². The molecule has 0 N–H and O–H groups in total. The Morgan fingerprint density at radius 1 is 1.40 bits per heavy atom. The minimum Gasteiger partial charge on any atom is -0.197 e. The summed E-state index contributed by atoms with van der Waals surface area (Å²) < 4.78 is 1.49. The number of nitriles is 1. The molecule has 76 valence electrons. The van der Waals surface area contributed by atoms with Gasteiger partial charge in [0.15, 0.2) is 11.5 Å². The number of aromatic nitrogens is 4. The average Bonchev–Trinajstić information content (AvgIpc) is 2.61. The molecule has 2 aromatic rings. The fourth-order valence-electron chi connectivity index (χ4n) is 1.21. The Bertz CT molecular complexity index is 551. The number of halogens is 1. The first kappa shape index (κ1) is 9.87. The van der Waals surface area contributed by atoms with Crippen molar-refractivity contribution in [2.45, 2.75) is 19.3 Å². The molecule has 0 spiro atoms. The van der Waals surface area contributed by atoms with Crippen LogP contribution in [0.1, 0.15) is 19.7 Å². The topological polar surface area (TPSA) is 66.9 Å². The van der Waals surface area contributed by atoms with Crippen molar-refractivity contribution in [3.8, 4) is 6.07 Å². The van der Waals surface area contributed by atoms with Crippen LogP contribution in [0.15, 0.2) is 12.1 Å². The Hall–Kier alpha value is -1.67. The van der Waals surface area contributed by atoms with Gasteiger partial charge in [0.2, 0.25) is 0 Å². The summed E-state index contributed by atoms with van der Waals surface area (Å²) in [5.74, 6) is 0.488. The van der Waals surface area contributed by atoms with E-state index in [-0.39, 0.29) is 0 Å². The fourth-order valence-corrected chi connectivity index (χ4v) is 1.34. The van der Waals surface area contributed by atoms with Crippen molar-refractivity contribution in [1.29, 1.82) is 5.26 Å². The van der Waals surface area contributed by atoms with E-state index in [0.717, 1.165) is 0 Å². The standard InChI is InChI=1S/C9H8ClN5/c1-9(2,5-11)8-13-12-7-4-3-6(10)14-15(7)8/h3-4H,1-2H3. The zero-order valence-electron chi connectivity index (χ0n) is 8.27. The van der Waals surface area contributed by atoms with E-state index in [9.17, 15) is 0 Å². The number of hydrogen-bond donors (Lipinski definition) is 0. The molecule has 0 aliphatic heterocycles. The molecule has 0 saturated heterocycles. The summed E-state index contributed by atoms with van der Waals surface area (Å²) >= 11 is 5.77. The lowest BCUT2D eigenvalue weighted by Crippen LogP contribution is -2.19. The van der Waals surface area contributed by atoms with Crippen LogP contribution in [0.2, 0.25) is 5.15 Å². The average molecular weight is 222 g/mol. The van der Waals surface area contributed by atoms with E-state index in [1.54, 1.807) is 26.0 Å². The number of fused-ring (bicyclic) bond motifs is 1. The predicted octanol–water partition coefficient (Wildman–Crippen LogP) is 1.58. The van der Waals surface area contributed by atoms with Crippen LogP contribution in [0.25, 0.3) is 5.65 Å². The lowest BCUT2D eigenvalue weighted by Gasteiger charge is -2.11. The maximum absolute atomic E-state index is 9.00. The molecular weight excluding hydrogens is 214 g/mol. The molecule has 0 atom stereocenters. The first-order chi connectivity index (χ1) is 7.04. The highest BCUT2D eigenvalue weighted by Crippen LogP contribution is 2.20. The van der Waals surface area contributed by atoms with Gasteiger partial charge in [-0.15, -0.1) is 10.2 Å². The molecular formula is C9H8ClN5. The van der Waals surface area contributed by atoms with Crippen LogP contribution in [0.4, 0.5) is 0 Å². The summed E-state index contributed by atoms with van der Waals surface area (Å²) in [6.45, 7) is 3.51. The summed E-state index contributed by atoms with van der Waals surface area (Å²) in [6.07, 6.45) is 0. The second-order valence-electron chi connectivity index (χ2n) is 3.69. The zero-order chi connectivity index (χ0) is 11.1. The largest absolute Gasteiger partial charge is 0.197 e. The van der Waals surface area contributed by atoms with Crippen molar-refractivity contribution >= 4 is 17.2 Å². The Balaban J connectivity index is 2.74. The quantitative estimate of drug-likeness (QED) is 0.733. The van der Waals surface area contributed by atoms with Crippen molar-refractivity contribution in [2.24, 2.45) is 0 Å². The maximum Gasteiger partial charge on any atom is 0.178 e. The van der Waals surface area contributed by atoms with Gasteiger partial charge in [0.05, 0.1) is 6.07 Å². The highest BCUT2D eigenvalue weighted by atomic mass is 35.5. The van der Waals surface area contributed by atoms with E-state index in [0.29, 0.717) is 16.6 Å². The molecule has 0 saturated carbocycles. The lowest BCUT2D eigenvalue weighted by molar-refractivity contribution is 0.602. The number of rotatable bonds is 1. The Kier molecular flexibility index (Phi) is 2.09. The number of nitrogens with zero attached hydrogens (tertiary/aromatic N) is 5. The van der Waals surface area contributed by atoms with Crippen molar-refractivity contribution < 1.29 is 0 Å². The number of hydrogen-bond acceptors (Lipinski definition) is 4. The molecule has 0 bridgehead atoms. The van der Waals surface area contributed by atoms with Crippen LogP contribution in [0, 0.1) is 11.3 Å². The monoisotopic (exact) mass is 221 g/mol. The molecule has 0 radical (unpaired) electrons. The van der Waals surface area contributed by atoms with Crippen molar-refractivity contribution in [2.75, 3.05) is 0 Å². The third-order valence-electron chi connectivity index (χ3n) is 2.07. The van der Waals surface area contributed by atoms with Gasteiger partial charge in [-0.1, -0.05) is 11.6 Å². The van der Waals surface area contributed by atoms with Gasteiger partial charge in [-0.25, -0.2) is 0 Å². The summed E-state index contributed by atoms with van der Waals surface area (Å²) in [7, 11) is 0. The van der Waals surface area contributed by atoms with Crippen LogP contribution in [0.5, 0.6) is 0 Å². The van der Waals surface area contributed by atoms with Crippen LogP contribution < -0.4 is 0 Å². The highest BCUT2D eigenvalue weighted by molar-refractivity contribution is 6.29. The molecule has 2 aromatic heterocycles. The van der Waals surface area contributed by atoms with Gasteiger partial charge in [0, 0.05) is 0 Å². The minimum atomic E-state index is -0.739. The van der Waals surface area contributed by atoms with E-state index in [1.807, 2.05) is 0 Å². The SMILES string of the molecule is CC(C)(C#N)c1nnc2ccc(Cl)nn12. The smallest absolute Gasteiger partial charge is 0.178 e. The normalized spacial score (nSPS) is 11.6. The van der Waals surface area contributed by atoms with Crippen LogP contribution in [-0.4, -0.2) is 19.8 Å². The molecule has 0 amide bonds. The van der Waals surface area contributed by atoms with Gasteiger partial charge in [0.25, 0.3) is 0 Å². The molecule has 2 heterocycles. The summed E-state index contributed by atoms with van der Waals surface area (Å²) in [4.78, 5) is 0. The maximum atomic E-state index is 9.00. The first-order valence-corrected chi connectivity index (χ1v) is 4.72. The van der Waals surface area contributed by atoms with Crippen LogP contribution in [-0.2, 0) is 5.41 Å². The van der Waals surface area contributed by atoms with E-state index in [4.69, 9.17) is 16.9 Å². The molecule has 2 rings (SSSR count). The minimum absolute atomic E-state index is 0.345. The summed E-state index contributed by atoms with van der Waals surface area (Å²) in [5, 5.41) is 21.3. The molecule has 0 aromatic carbocycles. The van der Waals surface area contributed by atoms with Crippen LogP contribution >= 0.6 is 11.6 Å². The van der Waals surface area contributed by atoms with Gasteiger partial charge in [-0.05, 0) is 26.0 Å². The van der Waals surface area contributed by atoms with Crippen molar-refractivity contribution in [3.05, 3.63) is 23.1 Å². The molecule has 5 nitrogen and oxygen atoms in total. The lowest BCUT2D eigenvalue weighted by atomic mass is 9.95. The third kappa shape index (κ3) is 1.53. The van der Waals surface area contributed by atoms with Crippen molar-refractivity contribution in [1.82, 2.24) is 19.8 Å². The molecule has 6 heteroatoms. The molecule has 0 aliphatic rings. The van der Waals surface area contributed by atoms with E-state index < -0.39 is 5.41 Å². The first-order valence-electron chi connectivity index (χ1n) is 4.34. The zero-order valence-corrected chi connectivity index (χ0v) is 9.02. The molecule has 0 fully saturated rings.